The molecule has 0 aromatic heterocycles. The van der Waals surface area contributed by atoms with Crippen LogP contribution in [0.2, 0.25) is 0 Å². The van der Waals surface area contributed by atoms with Gasteiger partial charge in [-0.1, -0.05) is 19.8 Å². The maximum atomic E-state index is 12.4. The summed E-state index contributed by atoms with van der Waals surface area (Å²) in [5, 5.41) is 9.39. The van der Waals surface area contributed by atoms with Crippen LogP contribution in [0.15, 0.2) is 0 Å². The van der Waals surface area contributed by atoms with Gasteiger partial charge in [-0.2, -0.15) is 0 Å². The molecule has 3 amide bonds. The number of nitrogens with one attached hydrogen (secondary N) is 3. The summed E-state index contributed by atoms with van der Waals surface area (Å²) in [7, 11) is 0. The van der Waals surface area contributed by atoms with Gasteiger partial charge in [-0.05, 0) is 75.0 Å². The Labute approximate surface area is 157 Å². The molecule has 4 bridgehead atoms. The van der Waals surface area contributed by atoms with Crippen LogP contribution in [0, 0.1) is 23.7 Å². The van der Waals surface area contributed by atoms with E-state index in [1.165, 1.54) is 38.5 Å². The molecule has 5 rings (SSSR count). The molecule has 5 heteroatoms. The highest BCUT2D eigenvalue weighted by molar-refractivity contribution is 5.78. The standard InChI is InChI=1S/C21H35N3O2/c1-14-4-2-3-5-18(14)23-19(25)6-7-22-20(26)24-21-11-15-8-16(12-21)10-17(9-15)13-21/h14-18H,2-13H2,1H3,(H,23,25)(H2,22,24,26). The van der Waals surface area contributed by atoms with Crippen LogP contribution in [0.1, 0.15) is 77.6 Å². The van der Waals surface area contributed by atoms with Gasteiger partial charge in [-0.3, -0.25) is 4.79 Å². The van der Waals surface area contributed by atoms with Gasteiger partial charge in [0, 0.05) is 24.5 Å². The van der Waals surface area contributed by atoms with E-state index in [0.717, 1.165) is 43.4 Å². The highest BCUT2D eigenvalue weighted by Crippen LogP contribution is 2.55. The number of hydrogen-bond donors (Lipinski definition) is 3. The van der Waals surface area contributed by atoms with Gasteiger partial charge in [0.2, 0.25) is 5.91 Å². The fourth-order valence-corrected chi connectivity index (χ4v) is 6.65. The molecule has 5 aliphatic carbocycles. The van der Waals surface area contributed by atoms with Crippen molar-refractivity contribution in [2.45, 2.75) is 89.1 Å². The van der Waals surface area contributed by atoms with Gasteiger partial charge in [0.1, 0.15) is 0 Å². The van der Waals surface area contributed by atoms with E-state index in [0.29, 0.717) is 24.9 Å². The SMILES string of the molecule is CC1CCCCC1NC(=O)CCNC(=O)NC12CC3CC(CC(C3)C1)C2. The minimum Gasteiger partial charge on any atom is -0.353 e. The number of hydrogen-bond acceptors (Lipinski definition) is 2. The number of urea groups is 1. The van der Waals surface area contributed by atoms with Crippen LogP contribution in [-0.2, 0) is 4.79 Å². The first-order chi connectivity index (χ1) is 12.5. The van der Waals surface area contributed by atoms with E-state index in [9.17, 15) is 9.59 Å². The fourth-order valence-electron chi connectivity index (χ4n) is 6.65. The molecule has 0 spiro atoms. The van der Waals surface area contributed by atoms with Crippen molar-refractivity contribution in [3.8, 4) is 0 Å². The average Bonchev–Trinajstić information content (AvgIpc) is 2.55. The molecule has 0 heterocycles. The van der Waals surface area contributed by atoms with Crippen molar-refractivity contribution >= 4 is 11.9 Å². The third-order valence-electron chi connectivity index (χ3n) is 7.51. The number of carbonyl (C=O) groups is 2. The predicted molar refractivity (Wildman–Crippen MR) is 102 cm³/mol. The largest absolute Gasteiger partial charge is 0.353 e. The van der Waals surface area contributed by atoms with Crippen molar-refractivity contribution in [3.05, 3.63) is 0 Å². The molecule has 0 radical (unpaired) electrons. The first-order valence-electron chi connectivity index (χ1n) is 10.9. The highest BCUT2D eigenvalue weighted by Gasteiger charge is 2.51. The predicted octanol–water partition coefficient (Wildman–Crippen LogP) is 3.34. The molecule has 5 saturated carbocycles. The molecule has 5 aliphatic rings. The lowest BCUT2D eigenvalue weighted by atomic mass is 9.53. The third kappa shape index (κ3) is 4.01. The molecule has 5 nitrogen and oxygen atoms in total. The molecule has 146 valence electrons. The number of rotatable bonds is 5. The van der Waals surface area contributed by atoms with Gasteiger partial charge < -0.3 is 16.0 Å². The topological polar surface area (TPSA) is 70.2 Å². The van der Waals surface area contributed by atoms with Gasteiger partial charge in [0.25, 0.3) is 0 Å². The summed E-state index contributed by atoms with van der Waals surface area (Å²) in [5.74, 6) is 3.11. The second kappa shape index (κ2) is 7.40. The molecular formula is C21H35N3O2. The lowest BCUT2D eigenvalue weighted by Gasteiger charge is -2.56. The zero-order chi connectivity index (χ0) is 18.1. The third-order valence-corrected chi connectivity index (χ3v) is 7.51. The second-order valence-corrected chi connectivity index (χ2v) is 9.76. The molecule has 0 saturated heterocycles. The van der Waals surface area contributed by atoms with E-state index in [4.69, 9.17) is 0 Å². The molecule has 0 aromatic rings. The van der Waals surface area contributed by atoms with Gasteiger partial charge in [-0.25, -0.2) is 4.79 Å². The monoisotopic (exact) mass is 361 g/mol. The zero-order valence-electron chi connectivity index (χ0n) is 16.2. The second-order valence-electron chi connectivity index (χ2n) is 9.76. The maximum absolute atomic E-state index is 12.4. The van der Waals surface area contributed by atoms with Crippen LogP contribution in [0.4, 0.5) is 4.79 Å². The summed E-state index contributed by atoms with van der Waals surface area (Å²) >= 11 is 0. The van der Waals surface area contributed by atoms with Crippen LogP contribution in [0.5, 0.6) is 0 Å². The fraction of sp³-hybridized carbons (Fsp3) is 0.905. The molecule has 5 fully saturated rings. The first-order valence-corrected chi connectivity index (χ1v) is 10.9. The van der Waals surface area contributed by atoms with Crippen molar-refractivity contribution < 1.29 is 9.59 Å². The number of carbonyl (C=O) groups excluding carboxylic acids is 2. The van der Waals surface area contributed by atoms with Crippen molar-refractivity contribution in [2.24, 2.45) is 23.7 Å². The first kappa shape index (κ1) is 18.1. The summed E-state index contributed by atoms with van der Waals surface area (Å²) in [6.45, 7) is 2.65. The van der Waals surface area contributed by atoms with Crippen LogP contribution in [0.3, 0.4) is 0 Å². The van der Waals surface area contributed by atoms with Crippen LogP contribution >= 0.6 is 0 Å². The summed E-state index contributed by atoms with van der Waals surface area (Å²) in [5.41, 5.74) is 0.0403. The van der Waals surface area contributed by atoms with E-state index in [1.54, 1.807) is 0 Å². The summed E-state index contributed by atoms with van der Waals surface area (Å²) in [6.07, 6.45) is 12.8. The Balaban J connectivity index is 1.18. The normalized spacial score (nSPS) is 40.9. The average molecular weight is 362 g/mol. The van der Waals surface area contributed by atoms with Crippen molar-refractivity contribution in [1.82, 2.24) is 16.0 Å². The summed E-state index contributed by atoms with van der Waals surface area (Å²) in [4.78, 5) is 24.6. The summed E-state index contributed by atoms with van der Waals surface area (Å²) in [6, 6.07) is 0.239. The van der Waals surface area contributed by atoms with Crippen molar-refractivity contribution in [3.63, 3.8) is 0 Å². The minimum absolute atomic E-state index is 0.0403. The molecule has 2 unspecified atom stereocenters. The van der Waals surface area contributed by atoms with Crippen LogP contribution in [-0.4, -0.2) is 30.1 Å². The smallest absolute Gasteiger partial charge is 0.315 e. The Morgan fingerprint density at radius 1 is 0.962 bits per heavy atom. The molecule has 2 atom stereocenters. The maximum Gasteiger partial charge on any atom is 0.315 e. The zero-order valence-corrected chi connectivity index (χ0v) is 16.2. The van der Waals surface area contributed by atoms with E-state index in [1.807, 2.05) is 0 Å². The van der Waals surface area contributed by atoms with E-state index >= 15 is 0 Å². The van der Waals surface area contributed by atoms with E-state index in [-0.39, 0.29) is 17.5 Å². The van der Waals surface area contributed by atoms with Crippen LogP contribution < -0.4 is 16.0 Å². The quantitative estimate of drug-likeness (QED) is 0.703. The number of amides is 3. The Morgan fingerprint density at radius 2 is 1.58 bits per heavy atom. The van der Waals surface area contributed by atoms with Gasteiger partial charge in [0.15, 0.2) is 0 Å². The molecule has 0 aromatic carbocycles. The van der Waals surface area contributed by atoms with Gasteiger partial charge in [-0.15, -0.1) is 0 Å². The molecular weight excluding hydrogens is 326 g/mol. The Kier molecular flexibility index (Phi) is 5.15. The Bertz CT molecular complexity index is 512. The molecule has 0 aliphatic heterocycles. The highest BCUT2D eigenvalue weighted by atomic mass is 16.2. The lowest BCUT2D eigenvalue weighted by molar-refractivity contribution is -0.122. The Morgan fingerprint density at radius 3 is 2.19 bits per heavy atom. The minimum atomic E-state index is -0.0780. The van der Waals surface area contributed by atoms with E-state index in [2.05, 4.69) is 22.9 Å². The van der Waals surface area contributed by atoms with Gasteiger partial charge in [0.05, 0.1) is 0 Å². The van der Waals surface area contributed by atoms with Gasteiger partial charge >= 0.3 is 6.03 Å². The summed E-state index contributed by atoms with van der Waals surface area (Å²) < 4.78 is 0. The Hall–Kier alpha value is -1.26. The molecule has 26 heavy (non-hydrogen) atoms. The van der Waals surface area contributed by atoms with Crippen molar-refractivity contribution in [2.75, 3.05) is 6.54 Å². The van der Waals surface area contributed by atoms with Crippen molar-refractivity contribution in [1.29, 1.82) is 0 Å². The van der Waals surface area contributed by atoms with E-state index < -0.39 is 0 Å². The lowest BCUT2D eigenvalue weighted by Crippen LogP contribution is -2.61. The van der Waals surface area contributed by atoms with Crippen LogP contribution in [0.25, 0.3) is 0 Å². The molecule has 3 N–H and O–H groups in total.